The Hall–Kier alpha value is -3.26. The van der Waals surface area contributed by atoms with Crippen molar-refractivity contribution in [3.63, 3.8) is 0 Å². The first-order valence-electron chi connectivity index (χ1n) is 11.7. The molecule has 0 bridgehead atoms. The Morgan fingerprint density at radius 2 is 1.80 bits per heavy atom. The molecule has 1 atom stereocenters. The molecule has 2 aromatic carbocycles. The smallest absolute Gasteiger partial charge is 0.334 e. The molecule has 0 aromatic heterocycles. The molecule has 8 nitrogen and oxygen atoms in total. The van der Waals surface area contributed by atoms with Crippen molar-refractivity contribution in [1.82, 2.24) is 4.90 Å². The normalized spacial score (nSPS) is 16.6. The molecule has 2 aliphatic rings. The minimum absolute atomic E-state index is 0.0608. The van der Waals surface area contributed by atoms with Crippen molar-refractivity contribution in [2.24, 2.45) is 5.41 Å². The number of nitrogens with zero attached hydrogens (tertiary/aromatic N) is 2. The number of imide groups is 1. The summed E-state index contributed by atoms with van der Waals surface area (Å²) in [6.07, 6.45) is 2.05. The van der Waals surface area contributed by atoms with Gasteiger partial charge in [0.05, 0.1) is 6.42 Å². The molecule has 0 aliphatic carbocycles. The van der Waals surface area contributed by atoms with Gasteiger partial charge in [0, 0.05) is 23.9 Å². The van der Waals surface area contributed by atoms with Crippen LogP contribution in [0, 0.1) is 5.41 Å². The molecule has 2 heterocycles. The van der Waals surface area contributed by atoms with Gasteiger partial charge in [-0.15, -0.1) is 0 Å². The minimum atomic E-state index is -0.743. The van der Waals surface area contributed by atoms with Crippen LogP contribution in [0.5, 0.6) is 17.2 Å². The largest absolute Gasteiger partial charge is 0.469 e. The molecular formula is C26H29ClN2O6. The van der Waals surface area contributed by atoms with Crippen LogP contribution in [0.2, 0.25) is 0 Å². The van der Waals surface area contributed by atoms with Crippen molar-refractivity contribution in [1.29, 1.82) is 0 Å². The van der Waals surface area contributed by atoms with Gasteiger partial charge in [-0.05, 0) is 59.8 Å². The number of likely N-dealkylation sites (tertiary alicyclic amines) is 1. The summed E-state index contributed by atoms with van der Waals surface area (Å²) in [5.74, 6) is 1.30. The quantitative estimate of drug-likeness (QED) is 0.330. The number of hydrogen-bond acceptors (Lipinski definition) is 6. The molecule has 0 saturated carbocycles. The lowest BCUT2D eigenvalue weighted by Crippen LogP contribution is -2.62. The SMILES string of the molecule is CCC(C)(CC)CCN(C(=O)N1C(=O)C[C@@H]1Oc1ccc(C(=O)Cl)cc1)c1ccc2c(c1)OCO2. The first-order valence-corrected chi connectivity index (χ1v) is 12.1. The van der Waals surface area contributed by atoms with E-state index in [1.54, 1.807) is 35.2 Å². The average Bonchev–Trinajstić information content (AvgIpc) is 3.32. The van der Waals surface area contributed by atoms with Crippen molar-refractivity contribution in [2.45, 2.75) is 52.7 Å². The van der Waals surface area contributed by atoms with Crippen LogP contribution in [-0.4, -0.2) is 41.6 Å². The van der Waals surface area contributed by atoms with E-state index >= 15 is 0 Å². The Balaban J connectivity index is 1.56. The lowest BCUT2D eigenvalue weighted by molar-refractivity contribution is -0.152. The summed E-state index contributed by atoms with van der Waals surface area (Å²) < 4.78 is 16.8. The Morgan fingerprint density at radius 3 is 2.43 bits per heavy atom. The Labute approximate surface area is 209 Å². The lowest BCUT2D eigenvalue weighted by atomic mass is 9.81. The number of β-lactam (4-membered cyclic amide) rings is 1. The van der Waals surface area contributed by atoms with Crippen LogP contribution in [0.25, 0.3) is 0 Å². The molecule has 0 spiro atoms. The summed E-state index contributed by atoms with van der Waals surface area (Å²) in [4.78, 5) is 40.3. The average molecular weight is 501 g/mol. The van der Waals surface area contributed by atoms with Crippen molar-refractivity contribution in [3.8, 4) is 17.2 Å². The number of hydrogen-bond donors (Lipinski definition) is 0. The highest BCUT2D eigenvalue weighted by atomic mass is 35.5. The molecule has 186 valence electrons. The number of urea groups is 1. The fraction of sp³-hybridized carbons (Fsp3) is 0.423. The van der Waals surface area contributed by atoms with E-state index < -0.39 is 17.5 Å². The van der Waals surface area contributed by atoms with Gasteiger partial charge in [-0.25, -0.2) is 9.69 Å². The van der Waals surface area contributed by atoms with Gasteiger partial charge >= 0.3 is 6.03 Å². The third-order valence-electron chi connectivity index (χ3n) is 7.01. The van der Waals surface area contributed by atoms with E-state index in [-0.39, 0.29) is 24.5 Å². The summed E-state index contributed by atoms with van der Waals surface area (Å²) in [6.45, 7) is 7.04. The number of carbonyl (C=O) groups excluding carboxylic acids is 3. The molecule has 2 aromatic rings. The van der Waals surface area contributed by atoms with Crippen molar-refractivity contribution in [3.05, 3.63) is 48.0 Å². The van der Waals surface area contributed by atoms with Gasteiger partial charge in [0.15, 0.2) is 17.7 Å². The third-order valence-corrected chi connectivity index (χ3v) is 7.23. The maximum Gasteiger partial charge on any atom is 0.334 e. The van der Waals surface area contributed by atoms with Crippen LogP contribution in [0.4, 0.5) is 10.5 Å². The third kappa shape index (κ3) is 5.22. The van der Waals surface area contributed by atoms with Gasteiger partial charge in [-0.3, -0.25) is 14.5 Å². The van der Waals surface area contributed by atoms with Gasteiger partial charge in [-0.2, -0.15) is 0 Å². The van der Waals surface area contributed by atoms with E-state index in [2.05, 4.69) is 20.8 Å². The minimum Gasteiger partial charge on any atom is -0.469 e. The first-order chi connectivity index (χ1) is 16.7. The summed E-state index contributed by atoms with van der Waals surface area (Å²) in [5, 5.41) is -0.572. The van der Waals surface area contributed by atoms with Crippen molar-refractivity contribution < 1.29 is 28.6 Å². The molecule has 3 amide bonds. The zero-order chi connectivity index (χ0) is 25.2. The van der Waals surface area contributed by atoms with Gasteiger partial charge in [0.1, 0.15) is 5.75 Å². The fourth-order valence-electron chi connectivity index (χ4n) is 4.04. The van der Waals surface area contributed by atoms with E-state index in [1.807, 2.05) is 0 Å². The van der Waals surface area contributed by atoms with Gasteiger partial charge in [0.25, 0.3) is 5.24 Å². The van der Waals surface area contributed by atoms with Crippen molar-refractivity contribution in [2.75, 3.05) is 18.2 Å². The summed E-state index contributed by atoms with van der Waals surface area (Å²) in [6, 6.07) is 11.1. The van der Waals surface area contributed by atoms with Gasteiger partial charge in [0.2, 0.25) is 12.7 Å². The summed E-state index contributed by atoms with van der Waals surface area (Å²) in [7, 11) is 0. The van der Waals surface area contributed by atoms with Crippen LogP contribution < -0.4 is 19.1 Å². The maximum absolute atomic E-state index is 13.7. The highest BCUT2D eigenvalue weighted by Gasteiger charge is 2.45. The molecule has 0 N–H and O–H groups in total. The Bertz CT molecular complexity index is 1120. The predicted molar refractivity (Wildman–Crippen MR) is 131 cm³/mol. The Kier molecular flexibility index (Phi) is 7.21. The zero-order valence-electron chi connectivity index (χ0n) is 20.1. The number of anilines is 1. The Morgan fingerprint density at radius 1 is 1.11 bits per heavy atom. The number of ether oxygens (including phenoxy) is 3. The molecule has 0 unspecified atom stereocenters. The number of fused-ring (bicyclic) bond motifs is 1. The molecular weight excluding hydrogens is 472 g/mol. The number of benzene rings is 2. The number of rotatable bonds is 9. The van der Waals surface area contributed by atoms with E-state index in [0.717, 1.165) is 24.2 Å². The van der Waals surface area contributed by atoms with Crippen LogP contribution in [-0.2, 0) is 4.79 Å². The molecule has 1 fully saturated rings. The molecule has 9 heteroatoms. The second-order valence-electron chi connectivity index (χ2n) is 9.08. The van der Waals surface area contributed by atoms with E-state index in [0.29, 0.717) is 35.0 Å². The highest BCUT2D eigenvalue weighted by Crippen LogP contribution is 2.38. The molecule has 0 radical (unpaired) electrons. The van der Waals surface area contributed by atoms with Crippen LogP contribution in [0.1, 0.15) is 56.8 Å². The van der Waals surface area contributed by atoms with Gasteiger partial charge < -0.3 is 14.2 Å². The zero-order valence-corrected chi connectivity index (χ0v) is 20.8. The standard InChI is InChI=1S/C26H29ClN2O6/c1-4-26(3,5-2)12-13-28(18-8-11-20-21(14-18)34-16-33-20)25(32)29-22(30)15-23(29)35-19-9-6-17(7-10-19)24(27)31/h6-11,14,23H,4-5,12-13,15-16H2,1-3H3/t23-/m0/s1. The second-order valence-corrected chi connectivity index (χ2v) is 9.42. The van der Waals surface area contributed by atoms with Crippen LogP contribution in [0.3, 0.4) is 0 Å². The molecule has 35 heavy (non-hydrogen) atoms. The van der Waals surface area contributed by atoms with Crippen LogP contribution in [0.15, 0.2) is 42.5 Å². The fourth-order valence-corrected chi connectivity index (χ4v) is 4.16. The summed E-state index contributed by atoms with van der Waals surface area (Å²) >= 11 is 5.49. The van der Waals surface area contributed by atoms with Crippen LogP contribution >= 0.6 is 11.6 Å². The maximum atomic E-state index is 13.7. The van der Waals surface area contributed by atoms with E-state index in [9.17, 15) is 14.4 Å². The second kappa shape index (κ2) is 10.2. The molecule has 4 rings (SSSR count). The van der Waals surface area contributed by atoms with E-state index in [4.69, 9.17) is 25.8 Å². The van der Waals surface area contributed by atoms with Crippen molar-refractivity contribution >= 4 is 34.5 Å². The first kappa shape index (κ1) is 24.9. The summed E-state index contributed by atoms with van der Waals surface area (Å²) in [5.41, 5.74) is 1.02. The monoisotopic (exact) mass is 500 g/mol. The lowest BCUT2D eigenvalue weighted by Gasteiger charge is -2.41. The van der Waals surface area contributed by atoms with E-state index in [1.165, 1.54) is 12.1 Å². The molecule has 2 aliphatic heterocycles. The number of halogens is 1. The molecule has 1 saturated heterocycles. The van der Waals surface area contributed by atoms with Gasteiger partial charge in [-0.1, -0.05) is 33.6 Å². The highest BCUT2D eigenvalue weighted by molar-refractivity contribution is 6.67. The topological polar surface area (TPSA) is 85.4 Å². The number of amides is 3. The number of carbonyl (C=O) groups is 3. The predicted octanol–water partition coefficient (Wildman–Crippen LogP) is 5.57.